The number of rotatable bonds is 1. The van der Waals surface area contributed by atoms with E-state index in [0.29, 0.717) is 19.8 Å². The average Bonchev–Trinajstić information content (AvgIpc) is 2.08. The Morgan fingerprint density at radius 1 is 1.20 bits per heavy atom. The summed E-state index contributed by atoms with van der Waals surface area (Å²) in [5, 5.41) is 8.93. The molecule has 0 aromatic carbocycles. The fourth-order valence-corrected chi connectivity index (χ4v) is 1.14. The van der Waals surface area contributed by atoms with Gasteiger partial charge >= 0.3 is 0 Å². The fraction of sp³-hybridized carbons (Fsp3) is 1.00. The van der Waals surface area contributed by atoms with Crippen LogP contribution in [0.3, 0.4) is 0 Å². The second-order valence-electron chi connectivity index (χ2n) is 2.88. The van der Waals surface area contributed by atoms with E-state index < -0.39 is 6.48 Å². The first-order valence-corrected chi connectivity index (χ1v) is 3.30. The number of fused-ring (bicyclic) bond motifs is 3. The van der Waals surface area contributed by atoms with Crippen LogP contribution in [0.1, 0.15) is 0 Å². The summed E-state index contributed by atoms with van der Waals surface area (Å²) in [4.78, 5) is 0. The molecule has 3 aliphatic rings. The van der Waals surface area contributed by atoms with Gasteiger partial charge < -0.3 is 19.3 Å². The highest BCUT2D eigenvalue weighted by molar-refractivity contribution is 4.83. The van der Waals surface area contributed by atoms with Crippen LogP contribution in [0.4, 0.5) is 0 Å². The second-order valence-corrected chi connectivity index (χ2v) is 2.88. The molecular weight excluding hydrogens is 136 g/mol. The third-order valence-corrected chi connectivity index (χ3v) is 1.91. The van der Waals surface area contributed by atoms with Crippen LogP contribution in [-0.4, -0.2) is 38.0 Å². The summed E-state index contributed by atoms with van der Waals surface area (Å²) in [5.74, 6) is 0. The summed E-state index contributed by atoms with van der Waals surface area (Å²) in [6.07, 6.45) is 0. The van der Waals surface area contributed by atoms with E-state index in [-0.39, 0.29) is 12.0 Å². The standard InChI is InChI=1S/C6H10O4/c7-1-6-2-8-5(9-3-6)10-4-6/h5,7H,1-4H2. The van der Waals surface area contributed by atoms with Crippen LogP contribution in [0.15, 0.2) is 0 Å². The van der Waals surface area contributed by atoms with E-state index in [0.717, 1.165) is 0 Å². The topological polar surface area (TPSA) is 47.9 Å². The lowest BCUT2D eigenvalue weighted by Gasteiger charge is -2.43. The highest BCUT2D eigenvalue weighted by Gasteiger charge is 2.42. The summed E-state index contributed by atoms with van der Waals surface area (Å²) in [5.41, 5.74) is -0.283. The zero-order valence-electron chi connectivity index (χ0n) is 5.58. The van der Waals surface area contributed by atoms with Crippen molar-refractivity contribution in [3.63, 3.8) is 0 Å². The smallest absolute Gasteiger partial charge is 0.271 e. The Hall–Kier alpha value is -0.160. The fourth-order valence-electron chi connectivity index (χ4n) is 1.14. The van der Waals surface area contributed by atoms with Crippen molar-refractivity contribution in [2.24, 2.45) is 5.41 Å². The van der Waals surface area contributed by atoms with Crippen molar-refractivity contribution in [2.75, 3.05) is 26.4 Å². The van der Waals surface area contributed by atoms with E-state index in [2.05, 4.69) is 0 Å². The van der Waals surface area contributed by atoms with Gasteiger partial charge in [-0.1, -0.05) is 0 Å². The molecule has 0 radical (unpaired) electrons. The van der Waals surface area contributed by atoms with Gasteiger partial charge in [-0.15, -0.1) is 0 Å². The first-order chi connectivity index (χ1) is 4.85. The average molecular weight is 146 g/mol. The van der Waals surface area contributed by atoms with Gasteiger partial charge in [0.05, 0.1) is 31.8 Å². The van der Waals surface area contributed by atoms with Gasteiger partial charge in [-0.2, -0.15) is 0 Å². The quantitative estimate of drug-likeness (QED) is 0.532. The molecule has 10 heavy (non-hydrogen) atoms. The Labute approximate surface area is 58.7 Å². The molecule has 1 N–H and O–H groups in total. The molecule has 0 aromatic rings. The summed E-state index contributed by atoms with van der Waals surface area (Å²) >= 11 is 0. The largest absolute Gasteiger partial charge is 0.396 e. The van der Waals surface area contributed by atoms with Gasteiger partial charge in [0.15, 0.2) is 0 Å². The number of aliphatic hydroxyl groups is 1. The first kappa shape index (κ1) is 6.54. The van der Waals surface area contributed by atoms with E-state index in [9.17, 15) is 0 Å². The van der Waals surface area contributed by atoms with Crippen LogP contribution in [0.25, 0.3) is 0 Å². The van der Waals surface area contributed by atoms with Crippen molar-refractivity contribution in [1.29, 1.82) is 0 Å². The number of hydrogen-bond acceptors (Lipinski definition) is 4. The molecule has 4 heteroatoms. The van der Waals surface area contributed by atoms with Crippen LogP contribution in [-0.2, 0) is 14.2 Å². The van der Waals surface area contributed by atoms with Crippen molar-refractivity contribution in [2.45, 2.75) is 6.48 Å². The van der Waals surface area contributed by atoms with Crippen molar-refractivity contribution < 1.29 is 19.3 Å². The van der Waals surface area contributed by atoms with Crippen molar-refractivity contribution >= 4 is 0 Å². The zero-order valence-corrected chi connectivity index (χ0v) is 5.58. The van der Waals surface area contributed by atoms with Crippen LogP contribution >= 0.6 is 0 Å². The van der Waals surface area contributed by atoms with Crippen LogP contribution in [0.5, 0.6) is 0 Å². The minimum Gasteiger partial charge on any atom is -0.396 e. The minimum atomic E-state index is -0.478. The first-order valence-electron chi connectivity index (χ1n) is 3.30. The van der Waals surface area contributed by atoms with E-state index in [1.165, 1.54) is 0 Å². The Kier molecular flexibility index (Phi) is 1.42. The molecule has 0 unspecified atom stereocenters. The molecule has 3 saturated heterocycles. The lowest BCUT2D eigenvalue weighted by Crippen LogP contribution is -2.54. The molecule has 0 atom stereocenters. The van der Waals surface area contributed by atoms with E-state index in [1.54, 1.807) is 0 Å². The maximum absolute atomic E-state index is 8.93. The van der Waals surface area contributed by atoms with Gasteiger partial charge in [0.25, 0.3) is 6.48 Å². The number of aliphatic hydroxyl groups excluding tert-OH is 1. The van der Waals surface area contributed by atoms with Gasteiger partial charge in [0.2, 0.25) is 0 Å². The molecule has 0 saturated carbocycles. The minimum absolute atomic E-state index is 0.0692. The molecule has 3 aliphatic heterocycles. The van der Waals surface area contributed by atoms with Gasteiger partial charge in [-0.05, 0) is 0 Å². The molecular formula is C6H10O4. The lowest BCUT2D eigenvalue weighted by atomic mass is 9.91. The highest BCUT2D eigenvalue weighted by atomic mass is 16.9. The summed E-state index contributed by atoms with van der Waals surface area (Å²) < 4.78 is 15.2. The molecule has 3 heterocycles. The van der Waals surface area contributed by atoms with Crippen molar-refractivity contribution in [3.05, 3.63) is 0 Å². The van der Waals surface area contributed by atoms with Crippen molar-refractivity contribution in [3.8, 4) is 0 Å². The van der Waals surface area contributed by atoms with E-state index in [4.69, 9.17) is 19.3 Å². The normalized spacial score (nSPS) is 45.9. The summed E-state index contributed by atoms with van der Waals surface area (Å²) in [6, 6.07) is 0. The maximum atomic E-state index is 8.93. The van der Waals surface area contributed by atoms with Crippen LogP contribution in [0, 0.1) is 5.41 Å². The van der Waals surface area contributed by atoms with Gasteiger partial charge in [-0.25, -0.2) is 0 Å². The molecule has 0 amide bonds. The molecule has 0 spiro atoms. The maximum Gasteiger partial charge on any atom is 0.271 e. The van der Waals surface area contributed by atoms with Gasteiger partial charge in [0, 0.05) is 0 Å². The number of ether oxygens (including phenoxy) is 3. The van der Waals surface area contributed by atoms with E-state index >= 15 is 0 Å². The third-order valence-electron chi connectivity index (χ3n) is 1.91. The SMILES string of the molecule is OCC12COC(OC1)OC2. The molecule has 0 aromatic heterocycles. The Balaban J connectivity index is 2.08. The summed E-state index contributed by atoms with van der Waals surface area (Å²) in [7, 11) is 0. The van der Waals surface area contributed by atoms with Crippen LogP contribution < -0.4 is 0 Å². The van der Waals surface area contributed by atoms with Gasteiger partial charge in [0.1, 0.15) is 0 Å². The molecule has 58 valence electrons. The van der Waals surface area contributed by atoms with E-state index in [1.807, 2.05) is 0 Å². The highest BCUT2D eigenvalue weighted by Crippen LogP contribution is 2.30. The predicted molar refractivity (Wildman–Crippen MR) is 31.2 cm³/mol. The predicted octanol–water partition coefficient (Wildman–Crippen LogP) is -0.674. The van der Waals surface area contributed by atoms with Gasteiger partial charge in [-0.3, -0.25) is 0 Å². The molecule has 0 aliphatic carbocycles. The Bertz CT molecular complexity index is 114. The monoisotopic (exact) mass is 146 g/mol. The Morgan fingerprint density at radius 2 is 1.70 bits per heavy atom. The number of hydrogen-bond donors (Lipinski definition) is 1. The molecule has 2 bridgehead atoms. The van der Waals surface area contributed by atoms with Crippen LogP contribution in [0.2, 0.25) is 0 Å². The van der Waals surface area contributed by atoms with Crippen molar-refractivity contribution in [1.82, 2.24) is 0 Å². The lowest BCUT2D eigenvalue weighted by molar-refractivity contribution is -0.397. The summed E-state index contributed by atoms with van der Waals surface area (Å²) in [6.45, 7) is 1.24. The zero-order chi connectivity index (χ0) is 7.03. The molecule has 4 nitrogen and oxygen atoms in total. The molecule has 3 fully saturated rings. The Morgan fingerprint density at radius 3 is 2.00 bits per heavy atom. The molecule has 3 rings (SSSR count). The second kappa shape index (κ2) is 2.17. The third kappa shape index (κ3) is 0.845.